The number of rotatable bonds is 6. The van der Waals surface area contributed by atoms with Gasteiger partial charge in [-0.15, -0.1) is 0 Å². The first-order chi connectivity index (χ1) is 14.1. The largest absolute Gasteiger partial charge is 0.507 e. The van der Waals surface area contributed by atoms with Gasteiger partial charge in [0.15, 0.2) is 5.78 Å². The van der Waals surface area contributed by atoms with Crippen LogP contribution in [0, 0.1) is 0 Å². The number of carbonyl (C=O) groups excluding carboxylic acids is 1. The summed E-state index contributed by atoms with van der Waals surface area (Å²) in [5.74, 6) is 0.353. The molecule has 2 aromatic carbocycles. The second kappa shape index (κ2) is 14.0. The third-order valence-corrected chi connectivity index (χ3v) is 3.71. The number of hydrogen-bond donors (Lipinski definition) is 3. The molecule has 8 heteroatoms. The summed E-state index contributed by atoms with van der Waals surface area (Å²) in [7, 11) is 0. The molecule has 0 spiro atoms. The van der Waals surface area contributed by atoms with Crippen molar-refractivity contribution in [1.82, 2.24) is 0 Å². The van der Waals surface area contributed by atoms with Crippen LogP contribution in [0.1, 0.15) is 11.1 Å². The minimum atomic E-state index is -0.456. The summed E-state index contributed by atoms with van der Waals surface area (Å²) in [6, 6.07) is 14.1. The summed E-state index contributed by atoms with van der Waals surface area (Å²) >= 11 is 0. The van der Waals surface area contributed by atoms with Crippen molar-refractivity contribution >= 4 is 18.2 Å². The molecule has 0 fully saturated rings. The van der Waals surface area contributed by atoms with Crippen molar-refractivity contribution < 1.29 is 41.9 Å². The van der Waals surface area contributed by atoms with Crippen LogP contribution in [-0.2, 0) is 26.5 Å². The summed E-state index contributed by atoms with van der Waals surface area (Å²) in [4.78, 5) is 22.7. The Balaban J connectivity index is 0.000000379. The predicted molar refractivity (Wildman–Crippen MR) is 112 cm³/mol. The van der Waals surface area contributed by atoms with Gasteiger partial charge in [-0.25, -0.2) is 4.89 Å². The Labute approximate surface area is 184 Å². The van der Waals surface area contributed by atoms with Crippen molar-refractivity contribution in [2.24, 2.45) is 9.98 Å². The number of aromatic hydroxyl groups is 2. The van der Waals surface area contributed by atoms with Crippen LogP contribution < -0.4 is 0 Å². The van der Waals surface area contributed by atoms with Gasteiger partial charge in [0.25, 0.3) is 0 Å². The molecule has 3 N–H and O–H groups in total. The zero-order valence-corrected chi connectivity index (χ0v) is 17.0. The van der Waals surface area contributed by atoms with Crippen molar-refractivity contribution in [3.8, 4) is 11.5 Å². The molecule has 1 aliphatic rings. The number of hydrogen-bond acceptors (Lipinski definition) is 7. The molecule has 0 bridgehead atoms. The molecular formula is C22H22CoN2O5. The van der Waals surface area contributed by atoms with E-state index in [1.807, 2.05) is 12.1 Å². The third kappa shape index (κ3) is 8.97. The van der Waals surface area contributed by atoms with E-state index in [4.69, 9.17) is 5.26 Å². The summed E-state index contributed by atoms with van der Waals surface area (Å²) in [6.45, 7) is 1.05. The van der Waals surface area contributed by atoms with E-state index in [1.165, 1.54) is 24.3 Å². The van der Waals surface area contributed by atoms with Crippen LogP contribution in [0.4, 0.5) is 0 Å². The second-order valence-corrected chi connectivity index (χ2v) is 5.88. The zero-order chi connectivity index (χ0) is 20.9. The van der Waals surface area contributed by atoms with E-state index in [0.717, 1.165) is 0 Å². The topological polar surface area (TPSA) is 112 Å². The maximum absolute atomic E-state index is 10.4. The fourth-order valence-corrected chi connectivity index (χ4v) is 2.20. The average molecular weight is 453 g/mol. The van der Waals surface area contributed by atoms with Gasteiger partial charge < -0.3 is 10.2 Å². The molecule has 1 aliphatic carbocycles. The Kier molecular flexibility index (Phi) is 11.7. The molecule has 2 aromatic rings. The van der Waals surface area contributed by atoms with Gasteiger partial charge in [0.05, 0.1) is 13.1 Å². The van der Waals surface area contributed by atoms with Crippen LogP contribution >= 0.6 is 0 Å². The second-order valence-electron chi connectivity index (χ2n) is 5.88. The molecule has 3 rings (SSSR count). The Morgan fingerprint density at radius 3 is 1.67 bits per heavy atom. The van der Waals surface area contributed by atoms with Crippen molar-refractivity contribution in [2.45, 2.75) is 6.10 Å². The van der Waals surface area contributed by atoms with Crippen molar-refractivity contribution in [1.29, 1.82) is 0 Å². The van der Waals surface area contributed by atoms with Crippen molar-refractivity contribution in [3.05, 3.63) is 84.0 Å². The van der Waals surface area contributed by atoms with E-state index in [0.29, 0.717) is 24.2 Å². The molecule has 159 valence electrons. The smallest absolute Gasteiger partial charge is 0.178 e. The van der Waals surface area contributed by atoms with Crippen molar-refractivity contribution in [2.75, 3.05) is 13.1 Å². The van der Waals surface area contributed by atoms with E-state index < -0.39 is 6.10 Å². The molecular weight excluding hydrogens is 431 g/mol. The van der Waals surface area contributed by atoms with Gasteiger partial charge in [0.1, 0.15) is 17.6 Å². The van der Waals surface area contributed by atoms with Gasteiger partial charge in [-0.3, -0.25) is 20.0 Å². The van der Waals surface area contributed by atoms with E-state index in [-0.39, 0.29) is 34.1 Å². The fourth-order valence-electron chi connectivity index (χ4n) is 2.20. The van der Waals surface area contributed by atoms with Gasteiger partial charge in [-0.2, -0.15) is 0 Å². The number of phenols is 2. The minimum Gasteiger partial charge on any atom is -0.507 e. The van der Waals surface area contributed by atoms with Gasteiger partial charge in [0, 0.05) is 40.3 Å². The van der Waals surface area contributed by atoms with E-state index in [9.17, 15) is 15.0 Å². The Hall–Kier alpha value is -3.04. The number of phenolic OH excluding ortho intramolecular Hbond substituents is 2. The van der Waals surface area contributed by atoms with Gasteiger partial charge in [-0.1, -0.05) is 24.3 Å². The van der Waals surface area contributed by atoms with Gasteiger partial charge in [0.2, 0.25) is 0 Å². The number of carbonyl (C=O) groups is 1. The normalized spacial score (nSPS) is 13.3. The molecule has 0 aromatic heterocycles. The quantitative estimate of drug-likeness (QED) is 0.269. The third-order valence-electron chi connectivity index (χ3n) is 3.71. The van der Waals surface area contributed by atoms with Crippen LogP contribution in [0.3, 0.4) is 0 Å². The number of para-hydroxylation sites is 2. The first-order valence-electron chi connectivity index (χ1n) is 8.86. The van der Waals surface area contributed by atoms with E-state index in [1.54, 1.807) is 48.8 Å². The van der Waals surface area contributed by atoms with Crippen LogP contribution in [0.15, 0.2) is 82.8 Å². The molecule has 1 radical (unpaired) electrons. The molecule has 0 saturated heterocycles. The Morgan fingerprint density at radius 2 is 1.27 bits per heavy atom. The summed E-state index contributed by atoms with van der Waals surface area (Å²) in [5, 5.41) is 27.2. The number of aliphatic imine (C=N–C) groups is 2. The van der Waals surface area contributed by atoms with E-state index in [2.05, 4.69) is 14.9 Å². The molecule has 0 atom stereocenters. The summed E-state index contributed by atoms with van der Waals surface area (Å²) in [5.41, 5.74) is 1.38. The molecule has 7 nitrogen and oxygen atoms in total. The molecule has 0 saturated carbocycles. The van der Waals surface area contributed by atoms with Crippen LogP contribution in [0.25, 0.3) is 0 Å². The monoisotopic (exact) mass is 453 g/mol. The first-order valence-corrected chi connectivity index (χ1v) is 8.86. The number of allylic oxidation sites excluding steroid dienone is 2. The Morgan fingerprint density at radius 1 is 0.833 bits per heavy atom. The molecule has 0 unspecified atom stereocenters. The Bertz CT molecular complexity index is 854. The predicted octanol–water partition coefficient (Wildman–Crippen LogP) is 3.17. The summed E-state index contributed by atoms with van der Waals surface area (Å²) < 4.78 is 0. The van der Waals surface area contributed by atoms with Crippen LogP contribution in [0.2, 0.25) is 0 Å². The first kappa shape index (κ1) is 25.0. The number of ketones is 1. The maximum Gasteiger partial charge on any atom is 0.178 e. The SMILES string of the molecule is O=C1C=CC(OO)C=C1.Oc1ccccc1C=NCCN=Cc1ccccc1O.[Co]. The maximum atomic E-state index is 10.4. The standard InChI is InChI=1S/C16H16N2O2.C6H6O3.Co/c19-15-7-3-1-5-13(15)11-17-9-10-18-12-14-6-2-4-8-16(14)20;7-5-1-3-6(9-8)4-2-5;/h1-8,11-12,19-20H,9-10H2;1-4,6,8H;. The number of nitrogens with zero attached hydrogens (tertiary/aromatic N) is 2. The molecule has 0 heterocycles. The van der Waals surface area contributed by atoms with Gasteiger partial charge in [-0.05, 0) is 48.6 Å². The summed E-state index contributed by atoms with van der Waals surface area (Å²) in [6.07, 6.45) is 8.45. The van der Waals surface area contributed by atoms with E-state index >= 15 is 0 Å². The van der Waals surface area contributed by atoms with Crippen molar-refractivity contribution in [3.63, 3.8) is 0 Å². The minimum absolute atomic E-state index is 0. The van der Waals surface area contributed by atoms with Crippen LogP contribution in [0.5, 0.6) is 11.5 Å². The molecule has 30 heavy (non-hydrogen) atoms. The molecule has 0 amide bonds. The zero-order valence-electron chi connectivity index (χ0n) is 16.0. The van der Waals surface area contributed by atoms with Crippen LogP contribution in [-0.4, -0.2) is 52.9 Å². The number of benzene rings is 2. The fraction of sp³-hybridized carbons (Fsp3) is 0.136. The van der Waals surface area contributed by atoms with Gasteiger partial charge >= 0.3 is 0 Å². The molecule has 0 aliphatic heterocycles. The average Bonchev–Trinajstić information content (AvgIpc) is 2.74.